The van der Waals surface area contributed by atoms with Crippen molar-refractivity contribution in [1.82, 2.24) is 29.8 Å². The van der Waals surface area contributed by atoms with Gasteiger partial charge in [-0.05, 0) is 18.0 Å². The summed E-state index contributed by atoms with van der Waals surface area (Å²) in [5, 5.41) is 2.85. The number of hydrogen-bond donors (Lipinski definition) is 1. The van der Waals surface area contributed by atoms with E-state index in [0.717, 1.165) is 6.42 Å². The van der Waals surface area contributed by atoms with Gasteiger partial charge in [-0.1, -0.05) is 6.92 Å². The van der Waals surface area contributed by atoms with E-state index >= 15 is 0 Å². The van der Waals surface area contributed by atoms with Gasteiger partial charge in [-0.25, -0.2) is 4.98 Å². The fourth-order valence-electron chi connectivity index (χ4n) is 1.60. The lowest BCUT2D eigenvalue weighted by molar-refractivity contribution is -0.119. The molecule has 1 N–H and O–H groups in total. The van der Waals surface area contributed by atoms with E-state index in [2.05, 4.69) is 25.3 Å². The summed E-state index contributed by atoms with van der Waals surface area (Å²) in [4.78, 5) is 29.6. The number of halogens is 1. The molecule has 1 amide bonds. The van der Waals surface area contributed by atoms with Crippen LogP contribution in [0.25, 0.3) is 5.95 Å². The summed E-state index contributed by atoms with van der Waals surface area (Å²) >= 11 is 5.91. The zero-order valence-electron chi connectivity index (χ0n) is 11.8. The number of carbonyl (C=O) groups excluding carboxylic acids is 1. The maximum Gasteiger partial charge on any atom is 0.241 e. The Morgan fingerprint density at radius 3 is 2.90 bits per heavy atom. The number of nitrogens with zero attached hydrogens (tertiary/aromatic N) is 6. The van der Waals surface area contributed by atoms with Gasteiger partial charge in [0.25, 0.3) is 0 Å². The fourth-order valence-corrected chi connectivity index (χ4v) is 1.75. The molecule has 2 aromatic rings. The Morgan fingerprint density at radius 1 is 1.43 bits per heavy atom. The lowest BCUT2D eigenvalue weighted by atomic mass is 10.4. The third-order valence-electron chi connectivity index (χ3n) is 2.61. The molecule has 2 heterocycles. The van der Waals surface area contributed by atoms with E-state index in [0.29, 0.717) is 18.4 Å². The van der Waals surface area contributed by atoms with Crippen molar-refractivity contribution >= 4 is 23.5 Å². The van der Waals surface area contributed by atoms with Crippen molar-refractivity contribution in [1.29, 1.82) is 0 Å². The first-order chi connectivity index (χ1) is 10.1. The van der Waals surface area contributed by atoms with Gasteiger partial charge in [-0.15, -0.1) is 0 Å². The lowest BCUT2D eigenvalue weighted by Crippen LogP contribution is -2.36. The zero-order valence-corrected chi connectivity index (χ0v) is 12.6. The molecule has 0 saturated carbocycles. The molecular formula is C12H16ClN7O. The van der Waals surface area contributed by atoms with Crippen LogP contribution in [0, 0.1) is 0 Å². The van der Waals surface area contributed by atoms with Gasteiger partial charge in [-0.2, -0.15) is 15.0 Å². The van der Waals surface area contributed by atoms with E-state index in [9.17, 15) is 4.79 Å². The zero-order chi connectivity index (χ0) is 15.2. The van der Waals surface area contributed by atoms with Crippen molar-refractivity contribution in [3.63, 3.8) is 0 Å². The van der Waals surface area contributed by atoms with Crippen molar-refractivity contribution in [3.05, 3.63) is 24.0 Å². The third kappa shape index (κ3) is 4.12. The topological polar surface area (TPSA) is 88.8 Å². The Kier molecular flexibility index (Phi) is 5.04. The molecule has 0 radical (unpaired) electrons. The van der Waals surface area contributed by atoms with E-state index in [-0.39, 0.29) is 17.7 Å². The van der Waals surface area contributed by atoms with Gasteiger partial charge in [0.15, 0.2) is 0 Å². The van der Waals surface area contributed by atoms with Crippen LogP contribution in [0.15, 0.2) is 18.7 Å². The van der Waals surface area contributed by atoms with E-state index in [1.54, 1.807) is 35.2 Å². The quantitative estimate of drug-likeness (QED) is 0.844. The molecule has 0 aliphatic heterocycles. The van der Waals surface area contributed by atoms with Crippen LogP contribution in [-0.4, -0.2) is 50.5 Å². The first-order valence-electron chi connectivity index (χ1n) is 6.48. The van der Waals surface area contributed by atoms with Gasteiger partial charge < -0.3 is 10.2 Å². The molecule has 0 fully saturated rings. The summed E-state index contributed by atoms with van der Waals surface area (Å²) in [6, 6.07) is 0. The second-order valence-electron chi connectivity index (χ2n) is 4.38. The van der Waals surface area contributed by atoms with Gasteiger partial charge in [0.1, 0.15) is 6.33 Å². The van der Waals surface area contributed by atoms with Gasteiger partial charge in [0, 0.05) is 26.0 Å². The Morgan fingerprint density at radius 2 is 2.24 bits per heavy atom. The van der Waals surface area contributed by atoms with E-state index in [1.807, 2.05) is 6.92 Å². The van der Waals surface area contributed by atoms with Gasteiger partial charge in [0.2, 0.25) is 23.1 Å². The average molecular weight is 310 g/mol. The fraction of sp³-hybridized carbons (Fsp3) is 0.417. The molecule has 21 heavy (non-hydrogen) atoms. The number of imidazole rings is 1. The predicted molar refractivity (Wildman–Crippen MR) is 78.5 cm³/mol. The van der Waals surface area contributed by atoms with Crippen molar-refractivity contribution in [3.8, 4) is 5.95 Å². The van der Waals surface area contributed by atoms with Crippen molar-refractivity contribution in [2.75, 3.05) is 25.0 Å². The summed E-state index contributed by atoms with van der Waals surface area (Å²) in [7, 11) is 1.72. The standard InChI is InChI=1S/C12H16ClN7O/c1-3-4-15-9(21)7-19(2)11-16-10(13)17-12(18-11)20-6-5-14-8-20/h5-6,8H,3-4,7H2,1-2H3,(H,15,21). The molecule has 0 atom stereocenters. The number of rotatable bonds is 6. The molecule has 112 valence electrons. The monoisotopic (exact) mass is 309 g/mol. The Balaban J connectivity index is 2.14. The molecule has 8 nitrogen and oxygen atoms in total. The van der Waals surface area contributed by atoms with Gasteiger partial charge in [-0.3, -0.25) is 9.36 Å². The molecule has 0 saturated heterocycles. The number of amides is 1. The molecule has 0 spiro atoms. The highest BCUT2D eigenvalue weighted by molar-refractivity contribution is 6.28. The smallest absolute Gasteiger partial charge is 0.241 e. The summed E-state index contributed by atoms with van der Waals surface area (Å²) in [6.45, 7) is 2.78. The van der Waals surface area contributed by atoms with E-state index < -0.39 is 0 Å². The molecule has 0 bridgehead atoms. The molecule has 2 rings (SSSR count). The summed E-state index contributed by atoms with van der Waals surface area (Å²) in [5.41, 5.74) is 0. The number of likely N-dealkylation sites (N-methyl/N-ethyl adjacent to an activating group) is 1. The highest BCUT2D eigenvalue weighted by atomic mass is 35.5. The minimum absolute atomic E-state index is 0.0597. The van der Waals surface area contributed by atoms with E-state index in [4.69, 9.17) is 11.6 Å². The summed E-state index contributed by atoms with van der Waals surface area (Å²) < 4.78 is 1.61. The first-order valence-corrected chi connectivity index (χ1v) is 6.85. The van der Waals surface area contributed by atoms with Crippen LogP contribution in [0.4, 0.5) is 5.95 Å². The first kappa shape index (κ1) is 15.2. The van der Waals surface area contributed by atoms with Crippen LogP contribution >= 0.6 is 11.6 Å². The highest BCUT2D eigenvalue weighted by Crippen LogP contribution is 2.12. The normalized spacial score (nSPS) is 10.4. The third-order valence-corrected chi connectivity index (χ3v) is 2.78. The SMILES string of the molecule is CCCNC(=O)CN(C)c1nc(Cl)nc(-n2ccnc2)n1. The largest absolute Gasteiger partial charge is 0.355 e. The van der Waals surface area contributed by atoms with Crippen LogP contribution in [0.3, 0.4) is 0 Å². The van der Waals surface area contributed by atoms with Crippen LogP contribution < -0.4 is 10.2 Å². The summed E-state index contributed by atoms with van der Waals surface area (Å²) in [5.74, 6) is 0.578. The second-order valence-corrected chi connectivity index (χ2v) is 4.72. The average Bonchev–Trinajstić information content (AvgIpc) is 2.98. The van der Waals surface area contributed by atoms with Crippen molar-refractivity contribution < 1.29 is 4.79 Å². The van der Waals surface area contributed by atoms with Crippen molar-refractivity contribution in [2.45, 2.75) is 13.3 Å². The molecule has 0 aromatic carbocycles. The minimum atomic E-state index is -0.0972. The Bertz CT molecular complexity index is 602. The van der Waals surface area contributed by atoms with Gasteiger partial charge in [0.05, 0.1) is 6.54 Å². The molecule has 0 aliphatic carbocycles. The Hall–Kier alpha value is -2.22. The van der Waals surface area contributed by atoms with Gasteiger partial charge >= 0.3 is 0 Å². The number of carbonyl (C=O) groups is 1. The molecule has 0 unspecified atom stereocenters. The minimum Gasteiger partial charge on any atom is -0.355 e. The maximum atomic E-state index is 11.7. The summed E-state index contributed by atoms with van der Waals surface area (Å²) in [6.07, 6.45) is 5.75. The van der Waals surface area contributed by atoms with E-state index in [1.165, 1.54) is 0 Å². The number of nitrogens with one attached hydrogen (secondary N) is 1. The second kappa shape index (κ2) is 6.98. The molecular weight excluding hydrogens is 294 g/mol. The highest BCUT2D eigenvalue weighted by Gasteiger charge is 2.13. The maximum absolute atomic E-state index is 11.7. The molecule has 9 heteroatoms. The molecule has 0 aliphatic rings. The number of hydrogen-bond acceptors (Lipinski definition) is 6. The Labute approximate surface area is 127 Å². The van der Waals surface area contributed by atoms with Crippen LogP contribution in [0.5, 0.6) is 0 Å². The van der Waals surface area contributed by atoms with Crippen LogP contribution in [0.2, 0.25) is 5.28 Å². The van der Waals surface area contributed by atoms with Crippen molar-refractivity contribution in [2.24, 2.45) is 0 Å². The number of anilines is 1. The number of aromatic nitrogens is 5. The predicted octanol–water partition coefficient (Wildman–Crippen LogP) is 0.673. The van der Waals surface area contributed by atoms with Crippen LogP contribution in [0.1, 0.15) is 13.3 Å². The molecule has 2 aromatic heterocycles. The lowest BCUT2D eigenvalue weighted by Gasteiger charge is -2.17. The van der Waals surface area contributed by atoms with Crippen LogP contribution in [-0.2, 0) is 4.79 Å².